The van der Waals surface area contributed by atoms with Gasteiger partial charge in [0.2, 0.25) is 0 Å². The van der Waals surface area contributed by atoms with Gasteiger partial charge in [0.15, 0.2) is 0 Å². The summed E-state index contributed by atoms with van der Waals surface area (Å²) < 4.78 is 157. The molecule has 1 unspecified atom stereocenters. The average molecular weight is 422 g/mol. The third-order valence-electron chi connectivity index (χ3n) is 3.47. The molecule has 0 aliphatic rings. The van der Waals surface area contributed by atoms with Crippen LogP contribution in [0.15, 0.2) is 6.07 Å². The highest BCUT2D eigenvalue weighted by molar-refractivity contribution is 5.52. The SMILES string of the molecule is CC(C)C(O)c1c(C(F)(F)F)cc(C(F)(F)F)c(C(F)(F)F)c1C(F)(F)F. The maximum absolute atomic E-state index is 13.3. The molecule has 0 aliphatic carbocycles. The fraction of sp³-hybridized carbons (Fsp3) is 0.571. The topological polar surface area (TPSA) is 20.2 Å². The molecule has 1 rings (SSSR count). The molecule has 13 heteroatoms. The summed E-state index contributed by atoms with van der Waals surface area (Å²) in [7, 11) is 0. The van der Waals surface area contributed by atoms with Crippen LogP contribution in [0.4, 0.5) is 52.7 Å². The summed E-state index contributed by atoms with van der Waals surface area (Å²) >= 11 is 0. The predicted octanol–water partition coefficient (Wildman–Crippen LogP) is 6.45. The lowest BCUT2D eigenvalue weighted by Crippen LogP contribution is -2.29. The molecular weight excluding hydrogens is 412 g/mol. The van der Waals surface area contributed by atoms with E-state index < -0.39 is 70.6 Å². The van der Waals surface area contributed by atoms with Gasteiger partial charge in [-0.3, -0.25) is 0 Å². The van der Waals surface area contributed by atoms with Gasteiger partial charge in [-0.1, -0.05) is 13.8 Å². The van der Waals surface area contributed by atoms with Crippen LogP contribution < -0.4 is 0 Å². The zero-order valence-corrected chi connectivity index (χ0v) is 13.2. The van der Waals surface area contributed by atoms with Crippen molar-refractivity contribution in [2.24, 2.45) is 5.92 Å². The van der Waals surface area contributed by atoms with Crippen LogP contribution in [0.3, 0.4) is 0 Å². The van der Waals surface area contributed by atoms with E-state index in [0.717, 1.165) is 13.8 Å². The van der Waals surface area contributed by atoms with E-state index in [-0.39, 0.29) is 0 Å². The molecule has 1 aromatic rings. The molecule has 27 heavy (non-hydrogen) atoms. The van der Waals surface area contributed by atoms with E-state index in [0.29, 0.717) is 0 Å². The zero-order chi connectivity index (χ0) is 21.7. The van der Waals surface area contributed by atoms with Crippen molar-refractivity contribution in [1.29, 1.82) is 0 Å². The first-order valence-corrected chi connectivity index (χ1v) is 6.88. The highest BCUT2D eigenvalue weighted by Gasteiger charge is 2.55. The van der Waals surface area contributed by atoms with E-state index in [2.05, 4.69) is 0 Å². The van der Waals surface area contributed by atoms with Gasteiger partial charge in [-0.25, -0.2) is 0 Å². The Kier molecular flexibility index (Phi) is 5.84. The van der Waals surface area contributed by atoms with Gasteiger partial charge in [0.25, 0.3) is 0 Å². The van der Waals surface area contributed by atoms with E-state index >= 15 is 0 Å². The molecule has 0 bridgehead atoms. The first-order valence-electron chi connectivity index (χ1n) is 6.88. The summed E-state index contributed by atoms with van der Waals surface area (Å²) in [5.74, 6) is -1.47. The average Bonchev–Trinajstić information content (AvgIpc) is 2.39. The number of hydrogen-bond donors (Lipinski definition) is 1. The fourth-order valence-electron chi connectivity index (χ4n) is 2.39. The van der Waals surface area contributed by atoms with Crippen molar-refractivity contribution in [2.75, 3.05) is 0 Å². The highest BCUT2D eigenvalue weighted by atomic mass is 19.4. The molecule has 0 saturated heterocycles. The minimum absolute atomic E-state index is 0.885. The number of benzene rings is 1. The third-order valence-corrected chi connectivity index (χ3v) is 3.47. The van der Waals surface area contributed by atoms with Crippen LogP contribution in [0.25, 0.3) is 0 Å². The lowest BCUT2D eigenvalue weighted by Gasteiger charge is -2.29. The van der Waals surface area contributed by atoms with E-state index in [1.807, 2.05) is 0 Å². The lowest BCUT2D eigenvalue weighted by atomic mass is 9.84. The van der Waals surface area contributed by atoms with Crippen molar-refractivity contribution >= 4 is 0 Å². The Labute approximate surface area is 143 Å². The summed E-state index contributed by atoms with van der Waals surface area (Å²) in [4.78, 5) is 0. The van der Waals surface area contributed by atoms with Crippen LogP contribution in [-0.2, 0) is 24.7 Å². The van der Waals surface area contributed by atoms with Crippen molar-refractivity contribution in [3.05, 3.63) is 33.9 Å². The Morgan fingerprint density at radius 2 is 1.00 bits per heavy atom. The van der Waals surface area contributed by atoms with Gasteiger partial charge in [0.05, 0.1) is 28.4 Å². The van der Waals surface area contributed by atoms with Gasteiger partial charge in [0, 0.05) is 5.56 Å². The monoisotopic (exact) mass is 422 g/mol. The number of hydrogen-bond acceptors (Lipinski definition) is 1. The molecule has 156 valence electrons. The smallest absolute Gasteiger partial charge is 0.388 e. The van der Waals surface area contributed by atoms with Gasteiger partial charge in [-0.2, -0.15) is 52.7 Å². The van der Waals surface area contributed by atoms with E-state index in [1.54, 1.807) is 0 Å². The molecule has 0 radical (unpaired) electrons. The van der Waals surface area contributed by atoms with E-state index in [9.17, 15) is 57.8 Å². The molecule has 1 atom stereocenters. The van der Waals surface area contributed by atoms with Gasteiger partial charge < -0.3 is 5.11 Å². The van der Waals surface area contributed by atoms with Gasteiger partial charge in [-0.15, -0.1) is 0 Å². The molecule has 0 heterocycles. The molecule has 1 aromatic carbocycles. The second kappa shape index (κ2) is 6.74. The summed E-state index contributed by atoms with van der Waals surface area (Å²) in [5.41, 5.74) is -14.6. The molecule has 0 saturated carbocycles. The maximum atomic E-state index is 13.3. The Morgan fingerprint density at radius 3 is 1.26 bits per heavy atom. The standard InChI is InChI=1S/C14H10F12O/c1-4(2)10(27)7-5(11(15,16)17)3-6(12(18,19)20)8(13(21,22)23)9(7)14(24,25)26/h3-4,10,27H,1-2H3. The van der Waals surface area contributed by atoms with Crippen molar-refractivity contribution in [1.82, 2.24) is 0 Å². The largest absolute Gasteiger partial charge is 0.417 e. The van der Waals surface area contributed by atoms with Crippen LogP contribution in [0.5, 0.6) is 0 Å². The van der Waals surface area contributed by atoms with E-state index in [1.165, 1.54) is 0 Å². The Morgan fingerprint density at radius 1 is 0.630 bits per heavy atom. The molecular formula is C14H10F12O. The van der Waals surface area contributed by atoms with Gasteiger partial charge in [0.1, 0.15) is 0 Å². The van der Waals surface area contributed by atoms with Crippen molar-refractivity contribution < 1.29 is 57.8 Å². The zero-order valence-electron chi connectivity index (χ0n) is 13.2. The van der Waals surface area contributed by atoms with Crippen molar-refractivity contribution in [3.8, 4) is 0 Å². The minimum atomic E-state index is -6.30. The number of aliphatic hydroxyl groups is 1. The fourth-order valence-corrected chi connectivity index (χ4v) is 2.39. The third kappa shape index (κ3) is 4.79. The van der Waals surface area contributed by atoms with Crippen LogP contribution in [0, 0.1) is 5.92 Å². The van der Waals surface area contributed by atoms with Crippen LogP contribution >= 0.6 is 0 Å². The van der Waals surface area contributed by atoms with Crippen LogP contribution in [-0.4, -0.2) is 5.11 Å². The van der Waals surface area contributed by atoms with Gasteiger partial charge >= 0.3 is 24.7 Å². The number of aliphatic hydroxyl groups excluding tert-OH is 1. The molecule has 1 nitrogen and oxygen atoms in total. The second-order valence-corrected chi connectivity index (χ2v) is 5.82. The van der Waals surface area contributed by atoms with Crippen molar-refractivity contribution in [2.45, 2.75) is 44.7 Å². The molecule has 0 spiro atoms. The Bertz CT molecular complexity index is 691. The van der Waals surface area contributed by atoms with E-state index in [4.69, 9.17) is 0 Å². The minimum Gasteiger partial charge on any atom is -0.388 e. The van der Waals surface area contributed by atoms with Gasteiger partial charge in [-0.05, 0) is 12.0 Å². The summed E-state index contributed by atoms with van der Waals surface area (Å²) in [5, 5.41) is 9.72. The number of rotatable bonds is 2. The number of halogens is 12. The molecule has 0 amide bonds. The Hall–Kier alpha value is -1.66. The Balaban J connectivity index is 4.36. The normalized spacial score (nSPS) is 15.4. The summed E-state index contributed by atoms with van der Waals surface area (Å²) in [6, 6.07) is -1.06. The quantitative estimate of drug-likeness (QED) is 0.543. The highest BCUT2D eigenvalue weighted by Crippen LogP contribution is 2.53. The van der Waals surface area contributed by atoms with Crippen LogP contribution in [0.1, 0.15) is 47.8 Å². The summed E-state index contributed by atoms with van der Waals surface area (Å²) in [6.07, 6.45) is -27.4. The molecule has 1 N–H and O–H groups in total. The second-order valence-electron chi connectivity index (χ2n) is 5.82. The molecule has 0 fully saturated rings. The first-order chi connectivity index (χ1) is 11.7. The van der Waals surface area contributed by atoms with Crippen molar-refractivity contribution in [3.63, 3.8) is 0 Å². The number of alkyl halides is 12. The maximum Gasteiger partial charge on any atom is 0.417 e. The predicted molar refractivity (Wildman–Crippen MR) is 66.2 cm³/mol. The molecule has 0 aromatic heterocycles. The summed E-state index contributed by atoms with van der Waals surface area (Å²) in [6.45, 7) is 1.77. The van der Waals surface area contributed by atoms with Crippen LogP contribution in [0.2, 0.25) is 0 Å². The lowest BCUT2D eigenvalue weighted by molar-refractivity contribution is -0.177. The first kappa shape index (κ1) is 23.4. The molecule has 0 aliphatic heterocycles.